The number of aliphatic imine (C=N–C) groups is 1. The Balaban J connectivity index is 2.01. The van der Waals surface area contributed by atoms with Gasteiger partial charge in [0.15, 0.2) is 10.7 Å². The van der Waals surface area contributed by atoms with Gasteiger partial charge in [0, 0.05) is 11.6 Å². The van der Waals surface area contributed by atoms with Gasteiger partial charge in [0.1, 0.15) is 5.75 Å². The summed E-state index contributed by atoms with van der Waals surface area (Å²) in [5, 5.41) is 11.7. The summed E-state index contributed by atoms with van der Waals surface area (Å²) in [6, 6.07) is 29.2. The van der Waals surface area contributed by atoms with Gasteiger partial charge in [0.25, 0.3) is 15.7 Å². The molecule has 176 valence electrons. The number of ether oxygens (including phenoxy) is 1. The predicted octanol–water partition coefficient (Wildman–Crippen LogP) is 5.58. The molecule has 4 aromatic rings. The number of nitro benzene ring substituents is 1. The molecule has 0 aliphatic rings. The Labute approximate surface area is 203 Å². The first kappa shape index (κ1) is 23.7. The Bertz CT molecular complexity index is 1460. The molecule has 0 radical (unpaired) electrons. The number of benzene rings is 4. The minimum absolute atomic E-state index is 0.0834. The lowest BCUT2D eigenvalue weighted by molar-refractivity contribution is -0.387. The van der Waals surface area contributed by atoms with Crippen molar-refractivity contribution < 1.29 is 18.1 Å². The largest absolute Gasteiger partial charge is 0.497 e. The highest BCUT2D eigenvalue weighted by Gasteiger charge is 2.35. The average Bonchev–Trinajstić information content (AvgIpc) is 2.89. The standard InChI is InChI=1S/C26H21N3O5S/c1-34-23-18-16-21(17-19-23)27-26(20-10-4-2-5-11-20)28(22-12-6-3-7-13-22)35(32,33)25-15-9-8-14-24(25)29(30)31/h2-19H,1H3. The van der Waals surface area contributed by atoms with Crippen LogP contribution in [0.3, 0.4) is 0 Å². The molecule has 0 aromatic heterocycles. The molecule has 0 heterocycles. The highest BCUT2D eigenvalue weighted by molar-refractivity contribution is 7.93. The van der Waals surface area contributed by atoms with Crippen molar-refractivity contribution in [1.29, 1.82) is 0 Å². The number of hydrogen-bond donors (Lipinski definition) is 0. The number of anilines is 1. The fourth-order valence-corrected chi connectivity index (χ4v) is 5.08. The molecule has 0 saturated heterocycles. The zero-order valence-electron chi connectivity index (χ0n) is 18.7. The summed E-state index contributed by atoms with van der Waals surface area (Å²) < 4.78 is 34.4. The van der Waals surface area contributed by atoms with Crippen molar-refractivity contribution in [1.82, 2.24) is 0 Å². The van der Waals surface area contributed by atoms with Crippen molar-refractivity contribution in [3.8, 4) is 5.75 Å². The van der Waals surface area contributed by atoms with E-state index in [0.717, 1.165) is 4.31 Å². The molecule has 0 amide bonds. The smallest absolute Gasteiger partial charge is 0.289 e. The maximum atomic E-state index is 14.1. The third kappa shape index (κ3) is 5.04. The van der Waals surface area contributed by atoms with Gasteiger partial charge in [0.2, 0.25) is 0 Å². The first-order chi connectivity index (χ1) is 16.9. The molecule has 0 spiro atoms. The number of hydrogen-bond acceptors (Lipinski definition) is 6. The second kappa shape index (κ2) is 10.2. The summed E-state index contributed by atoms with van der Waals surface area (Å²) in [5.74, 6) is 0.706. The van der Waals surface area contributed by atoms with Crippen LogP contribution in [-0.4, -0.2) is 26.3 Å². The highest BCUT2D eigenvalue weighted by atomic mass is 32.2. The van der Waals surface area contributed by atoms with Gasteiger partial charge in [-0.25, -0.2) is 17.7 Å². The predicted molar refractivity (Wildman–Crippen MR) is 135 cm³/mol. The van der Waals surface area contributed by atoms with E-state index in [4.69, 9.17) is 4.74 Å². The summed E-state index contributed by atoms with van der Waals surface area (Å²) in [4.78, 5) is 15.2. The van der Waals surface area contributed by atoms with E-state index in [1.54, 1.807) is 92.0 Å². The van der Waals surface area contributed by atoms with Crippen LogP contribution < -0.4 is 9.04 Å². The van der Waals surface area contributed by atoms with E-state index >= 15 is 0 Å². The van der Waals surface area contributed by atoms with Crippen LogP contribution in [-0.2, 0) is 10.0 Å². The molecule has 8 nitrogen and oxygen atoms in total. The van der Waals surface area contributed by atoms with Crippen LogP contribution in [0.4, 0.5) is 17.1 Å². The van der Waals surface area contributed by atoms with Crippen LogP contribution >= 0.6 is 0 Å². The van der Waals surface area contributed by atoms with Gasteiger partial charge in [-0.05, 0) is 42.5 Å². The molecule has 4 aromatic carbocycles. The van der Waals surface area contributed by atoms with Crippen molar-refractivity contribution in [2.75, 3.05) is 11.4 Å². The lowest BCUT2D eigenvalue weighted by atomic mass is 10.2. The maximum Gasteiger partial charge on any atom is 0.289 e. The van der Waals surface area contributed by atoms with Gasteiger partial charge < -0.3 is 4.74 Å². The van der Waals surface area contributed by atoms with Gasteiger partial charge >= 0.3 is 0 Å². The molecule has 9 heteroatoms. The van der Waals surface area contributed by atoms with E-state index in [1.807, 2.05) is 0 Å². The molecular formula is C26H21N3O5S. The van der Waals surface area contributed by atoms with E-state index < -0.39 is 25.5 Å². The topological polar surface area (TPSA) is 102 Å². The van der Waals surface area contributed by atoms with Crippen LogP contribution in [0.5, 0.6) is 5.75 Å². The molecular weight excluding hydrogens is 466 g/mol. The Morgan fingerprint density at radius 3 is 2.00 bits per heavy atom. The fourth-order valence-electron chi connectivity index (χ4n) is 3.46. The van der Waals surface area contributed by atoms with Crippen molar-refractivity contribution >= 4 is 32.9 Å². The van der Waals surface area contributed by atoms with Crippen LogP contribution in [0, 0.1) is 10.1 Å². The summed E-state index contributed by atoms with van der Waals surface area (Å²) in [6.45, 7) is 0. The number of methoxy groups -OCH3 is 1. The van der Waals surface area contributed by atoms with Gasteiger partial charge in [0.05, 0.1) is 23.4 Å². The first-order valence-corrected chi connectivity index (χ1v) is 12.0. The molecule has 4 rings (SSSR count). The van der Waals surface area contributed by atoms with E-state index in [9.17, 15) is 18.5 Å². The molecule has 0 fully saturated rings. The summed E-state index contributed by atoms with van der Waals surface area (Å²) in [5.41, 5.74) is 0.740. The lowest BCUT2D eigenvalue weighted by Gasteiger charge is -2.26. The Morgan fingerprint density at radius 1 is 0.829 bits per heavy atom. The van der Waals surface area contributed by atoms with Crippen LogP contribution in [0.15, 0.2) is 119 Å². The van der Waals surface area contributed by atoms with Gasteiger partial charge in [-0.3, -0.25) is 10.1 Å². The summed E-state index contributed by atoms with van der Waals surface area (Å²) in [7, 11) is -2.93. The number of para-hydroxylation sites is 2. The monoisotopic (exact) mass is 487 g/mol. The zero-order valence-corrected chi connectivity index (χ0v) is 19.5. The number of nitrogens with zero attached hydrogens (tertiary/aromatic N) is 3. The van der Waals surface area contributed by atoms with Crippen molar-refractivity contribution in [2.45, 2.75) is 4.90 Å². The summed E-state index contributed by atoms with van der Waals surface area (Å²) >= 11 is 0. The number of sulfonamides is 1. The maximum absolute atomic E-state index is 14.1. The third-order valence-corrected chi connectivity index (χ3v) is 6.87. The molecule has 0 aliphatic carbocycles. The number of amidine groups is 1. The van der Waals surface area contributed by atoms with E-state index in [-0.39, 0.29) is 11.5 Å². The van der Waals surface area contributed by atoms with Crippen molar-refractivity contribution in [2.24, 2.45) is 4.99 Å². The Morgan fingerprint density at radius 2 is 1.40 bits per heavy atom. The number of rotatable bonds is 7. The quantitative estimate of drug-likeness (QED) is 0.147. The fraction of sp³-hybridized carbons (Fsp3) is 0.0385. The van der Waals surface area contributed by atoms with E-state index in [2.05, 4.69) is 4.99 Å². The van der Waals surface area contributed by atoms with Crippen LogP contribution in [0.1, 0.15) is 5.56 Å². The molecule has 35 heavy (non-hydrogen) atoms. The second-order valence-electron chi connectivity index (χ2n) is 7.33. The van der Waals surface area contributed by atoms with Crippen molar-refractivity contribution in [3.63, 3.8) is 0 Å². The Kier molecular flexibility index (Phi) is 6.88. The molecule has 0 saturated carbocycles. The van der Waals surface area contributed by atoms with Gasteiger partial charge in [-0.2, -0.15) is 0 Å². The second-order valence-corrected chi connectivity index (χ2v) is 9.08. The van der Waals surface area contributed by atoms with E-state index in [0.29, 0.717) is 17.0 Å². The Hall–Kier alpha value is -4.50. The van der Waals surface area contributed by atoms with E-state index in [1.165, 1.54) is 24.3 Å². The zero-order chi connectivity index (χ0) is 24.8. The third-order valence-electron chi connectivity index (χ3n) is 5.10. The van der Waals surface area contributed by atoms with Crippen LogP contribution in [0.2, 0.25) is 0 Å². The molecule has 0 N–H and O–H groups in total. The lowest BCUT2D eigenvalue weighted by Crippen LogP contribution is -2.38. The molecule has 0 bridgehead atoms. The van der Waals surface area contributed by atoms with Crippen molar-refractivity contribution in [3.05, 3.63) is 125 Å². The highest BCUT2D eigenvalue weighted by Crippen LogP contribution is 2.32. The van der Waals surface area contributed by atoms with Gasteiger partial charge in [-0.1, -0.05) is 60.7 Å². The summed E-state index contributed by atoms with van der Waals surface area (Å²) in [6.07, 6.45) is 0. The SMILES string of the molecule is COc1ccc(N=C(c2ccccc2)N(c2ccccc2)S(=O)(=O)c2ccccc2[N+](=O)[O-])cc1. The molecule has 0 aliphatic heterocycles. The first-order valence-electron chi connectivity index (χ1n) is 10.5. The average molecular weight is 488 g/mol. The van der Waals surface area contributed by atoms with Crippen LogP contribution in [0.25, 0.3) is 0 Å². The minimum atomic E-state index is -4.47. The minimum Gasteiger partial charge on any atom is -0.497 e. The molecule has 0 atom stereocenters. The normalized spacial score (nSPS) is 11.6. The number of nitro groups is 1. The van der Waals surface area contributed by atoms with Gasteiger partial charge in [-0.15, -0.1) is 0 Å². The molecule has 0 unspecified atom stereocenters.